The first-order valence-corrected chi connectivity index (χ1v) is 6.41. The number of anilines is 1. The number of nitrogens with zero attached hydrogens (tertiary/aromatic N) is 1. The third-order valence-electron chi connectivity index (χ3n) is 3.05. The lowest BCUT2D eigenvalue weighted by Gasteiger charge is -2.21. The van der Waals surface area contributed by atoms with Gasteiger partial charge in [0.2, 0.25) is 0 Å². The molecule has 0 spiro atoms. The lowest BCUT2D eigenvalue weighted by Crippen LogP contribution is -2.30. The van der Waals surface area contributed by atoms with Crippen LogP contribution in [0.15, 0.2) is 36.4 Å². The summed E-state index contributed by atoms with van der Waals surface area (Å²) < 4.78 is 48.0. The zero-order chi connectivity index (χ0) is 17.5. The molecule has 7 nitrogen and oxygen atoms in total. The first-order valence-electron chi connectivity index (χ1n) is 6.41. The van der Waals surface area contributed by atoms with Crippen molar-refractivity contribution in [1.29, 1.82) is 0 Å². The van der Waals surface area contributed by atoms with E-state index in [9.17, 15) is 28.1 Å². The van der Waals surface area contributed by atoms with Gasteiger partial charge in [0.25, 0.3) is 5.69 Å². The van der Waals surface area contributed by atoms with Crippen LogP contribution in [0, 0.1) is 10.1 Å². The average molecular weight is 340 g/mol. The van der Waals surface area contributed by atoms with Crippen molar-refractivity contribution in [2.45, 2.75) is 6.18 Å². The molecule has 0 atom stereocenters. The first kappa shape index (κ1) is 15.6. The summed E-state index contributed by atoms with van der Waals surface area (Å²) in [5.41, 5.74) is -1.40. The van der Waals surface area contributed by atoms with E-state index in [0.717, 1.165) is 12.1 Å². The minimum atomic E-state index is -5.19. The number of halogens is 3. The molecule has 0 unspecified atom stereocenters. The molecule has 24 heavy (non-hydrogen) atoms. The Bertz CT molecular complexity index is 851. The second kappa shape index (κ2) is 5.41. The fourth-order valence-electron chi connectivity index (χ4n) is 2.01. The quantitative estimate of drug-likeness (QED) is 0.562. The molecule has 0 saturated carbocycles. The highest BCUT2D eigenvalue weighted by Gasteiger charge is 2.40. The van der Waals surface area contributed by atoms with Gasteiger partial charge in [0, 0.05) is 6.07 Å². The molecule has 0 radical (unpaired) electrons. The predicted octanol–water partition coefficient (Wildman–Crippen LogP) is 3.99. The number of carbonyl (C=O) groups is 1. The molecule has 10 heteroatoms. The number of amides is 1. The van der Waals surface area contributed by atoms with E-state index < -0.39 is 28.4 Å². The molecular weight excluding hydrogens is 333 g/mol. The highest BCUT2D eigenvalue weighted by Crippen LogP contribution is 2.48. The molecule has 1 N–H and O–H groups in total. The Hall–Kier alpha value is -3.30. The minimum absolute atomic E-state index is 0.0505. The van der Waals surface area contributed by atoms with Gasteiger partial charge in [-0.1, -0.05) is 12.1 Å². The van der Waals surface area contributed by atoms with Crippen molar-refractivity contribution in [3.8, 4) is 23.0 Å². The van der Waals surface area contributed by atoms with E-state index in [2.05, 4.69) is 0 Å². The lowest BCUT2D eigenvalue weighted by atomic mass is 10.2. The number of nitrogens with one attached hydrogen (secondary N) is 1. The van der Waals surface area contributed by atoms with Gasteiger partial charge in [-0.3, -0.25) is 14.9 Å². The van der Waals surface area contributed by atoms with Crippen LogP contribution in [0.2, 0.25) is 0 Å². The number of carbonyl (C=O) groups excluding carboxylic acids is 1. The van der Waals surface area contributed by atoms with Crippen molar-refractivity contribution < 1.29 is 32.4 Å². The predicted molar refractivity (Wildman–Crippen MR) is 74.4 cm³/mol. The maximum atomic E-state index is 12.4. The smallest absolute Gasteiger partial charge is 0.449 e. The maximum Gasteiger partial charge on any atom is 0.471 e. The first-order chi connectivity index (χ1) is 11.3. The number of alkyl halides is 3. The molecule has 0 aliphatic carbocycles. The summed E-state index contributed by atoms with van der Waals surface area (Å²) >= 11 is 0. The topological polar surface area (TPSA) is 90.7 Å². The summed E-state index contributed by atoms with van der Waals surface area (Å²) in [5.74, 6) is -1.86. The van der Waals surface area contributed by atoms with E-state index in [1.54, 1.807) is 24.3 Å². The van der Waals surface area contributed by atoms with Crippen LogP contribution in [0.4, 0.5) is 24.5 Å². The van der Waals surface area contributed by atoms with E-state index in [1.165, 1.54) is 5.32 Å². The molecular formula is C14H7F3N2O5. The van der Waals surface area contributed by atoms with Crippen molar-refractivity contribution in [2.75, 3.05) is 5.32 Å². The highest BCUT2D eigenvalue weighted by atomic mass is 19.4. The van der Waals surface area contributed by atoms with E-state index in [4.69, 9.17) is 9.47 Å². The van der Waals surface area contributed by atoms with E-state index in [1.807, 2.05) is 0 Å². The number of rotatable bonds is 2. The van der Waals surface area contributed by atoms with E-state index >= 15 is 0 Å². The molecule has 2 aromatic rings. The second-order valence-electron chi connectivity index (χ2n) is 4.68. The van der Waals surface area contributed by atoms with E-state index in [0.29, 0.717) is 5.75 Å². The second-order valence-corrected chi connectivity index (χ2v) is 4.68. The van der Waals surface area contributed by atoms with Crippen molar-refractivity contribution in [1.82, 2.24) is 0 Å². The molecule has 124 valence electrons. The SMILES string of the molecule is O=C(Nc1cc2c(cc1[N+](=O)[O-])Oc1ccccc1O2)C(F)(F)F. The molecule has 0 bridgehead atoms. The van der Waals surface area contributed by atoms with Crippen LogP contribution in [0.5, 0.6) is 23.0 Å². The molecule has 2 aromatic carbocycles. The Balaban J connectivity index is 2.02. The summed E-state index contributed by atoms with van der Waals surface area (Å²) in [6.07, 6.45) is -5.19. The van der Waals surface area contributed by atoms with Gasteiger partial charge in [-0.15, -0.1) is 0 Å². The van der Waals surface area contributed by atoms with Crippen LogP contribution < -0.4 is 14.8 Å². The third-order valence-corrected chi connectivity index (χ3v) is 3.05. The fourth-order valence-corrected chi connectivity index (χ4v) is 2.01. The number of ether oxygens (including phenoxy) is 2. The number of hydrogen-bond donors (Lipinski definition) is 1. The summed E-state index contributed by atoms with van der Waals surface area (Å²) in [5, 5.41) is 12.5. The Morgan fingerprint density at radius 1 is 1.04 bits per heavy atom. The summed E-state index contributed by atoms with van der Waals surface area (Å²) in [6.45, 7) is 0. The van der Waals surface area contributed by atoms with Gasteiger partial charge in [0.1, 0.15) is 5.69 Å². The molecule has 0 fully saturated rings. The Morgan fingerprint density at radius 2 is 1.58 bits per heavy atom. The number of nitro groups is 1. The van der Waals surface area contributed by atoms with Gasteiger partial charge >= 0.3 is 12.1 Å². The van der Waals surface area contributed by atoms with Gasteiger partial charge in [-0.05, 0) is 12.1 Å². The van der Waals surface area contributed by atoms with Crippen molar-refractivity contribution in [3.63, 3.8) is 0 Å². The zero-order valence-electron chi connectivity index (χ0n) is 11.6. The number of para-hydroxylation sites is 2. The number of nitro benzene ring substituents is 1. The summed E-state index contributed by atoms with van der Waals surface area (Å²) in [7, 11) is 0. The molecule has 0 aromatic heterocycles. The zero-order valence-corrected chi connectivity index (χ0v) is 11.6. The fraction of sp³-hybridized carbons (Fsp3) is 0.0714. The summed E-state index contributed by atoms with van der Waals surface area (Å²) in [4.78, 5) is 21.2. The van der Waals surface area contributed by atoms with Crippen LogP contribution in [-0.2, 0) is 4.79 Å². The monoisotopic (exact) mass is 340 g/mol. The van der Waals surface area contributed by atoms with Gasteiger partial charge in [0.15, 0.2) is 23.0 Å². The van der Waals surface area contributed by atoms with Crippen molar-refractivity contribution in [2.24, 2.45) is 0 Å². The number of fused-ring (bicyclic) bond motifs is 2. The Labute approximate surface area is 131 Å². The molecule has 1 heterocycles. The average Bonchev–Trinajstić information content (AvgIpc) is 2.51. The van der Waals surface area contributed by atoms with Crippen molar-refractivity contribution in [3.05, 3.63) is 46.5 Å². The number of benzene rings is 2. The molecule has 3 rings (SSSR count). The third kappa shape index (κ3) is 2.81. The summed E-state index contributed by atoms with van der Waals surface area (Å²) in [6, 6.07) is 8.20. The van der Waals surface area contributed by atoms with Gasteiger partial charge in [-0.2, -0.15) is 13.2 Å². The maximum absolute atomic E-state index is 12.4. The van der Waals surface area contributed by atoms with Crippen LogP contribution in [-0.4, -0.2) is 17.0 Å². The lowest BCUT2D eigenvalue weighted by molar-refractivity contribution is -0.384. The van der Waals surface area contributed by atoms with Gasteiger partial charge in [-0.25, -0.2) is 0 Å². The highest BCUT2D eigenvalue weighted by molar-refractivity contribution is 5.97. The Morgan fingerprint density at radius 3 is 2.08 bits per heavy atom. The van der Waals surface area contributed by atoms with Crippen molar-refractivity contribution >= 4 is 17.3 Å². The van der Waals surface area contributed by atoms with Crippen LogP contribution in [0.3, 0.4) is 0 Å². The molecule has 1 aliphatic rings. The largest absolute Gasteiger partial charge is 0.471 e. The normalized spacial score (nSPS) is 12.3. The van der Waals surface area contributed by atoms with E-state index in [-0.39, 0.29) is 17.2 Å². The molecule has 0 saturated heterocycles. The van der Waals surface area contributed by atoms with Crippen LogP contribution >= 0.6 is 0 Å². The molecule has 1 aliphatic heterocycles. The number of hydrogen-bond acceptors (Lipinski definition) is 5. The Kier molecular flexibility index (Phi) is 3.51. The standard InChI is InChI=1S/C14H7F3N2O5/c15-14(16,17)13(20)18-7-5-11-12(6-8(7)19(21)22)24-10-4-2-1-3-9(10)23-11/h1-6H,(H,18,20). The minimum Gasteiger partial charge on any atom is -0.449 e. The van der Waals surface area contributed by atoms with Crippen LogP contribution in [0.25, 0.3) is 0 Å². The van der Waals surface area contributed by atoms with Gasteiger partial charge < -0.3 is 14.8 Å². The van der Waals surface area contributed by atoms with Gasteiger partial charge in [0.05, 0.1) is 11.0 Å². The van der Waals surface area contributed by atoms with Crippen LogP contribution in [0.1, 0.15) is 0 Å². The molecule has 1 amide bonds.